The van der Waals surface area contributed by atoms with Crippen LogP contribution in [0.5, 0.6) is 11.5 Å². The van der Waals surface area contributed by atoms with Gasteiger partial charge in [-0.3, -0.25) is 9.59 Å². The third-order valence-electron chi connectivity index (χ3n) is 3.85. The molecule has 0 aliphatic rings. The molecule has 6 nitrogen and oxygen atoms in total. The van der Waals surface area contributed by atoms with Crippen molar-refractivity contribution in [3.8, 4) is 11.5 Å². The van der Waals surface area contributed by atoms with Crippen LogP contribution in [0.4, 0.5) is 0 Å². The van der Waals surface area contributed by atoms with Gasteiger partial charge in [0.15, 0.2) is 11.2 Å². The van der Waals surface area contributed by atoms with Crippen LogP contribution in [0, 0.1) is 0 Å². The van der Waals surface area contributed by atoms with Gasteiger partial charge in [-0.05, 0) is 36.8 Å². The Bertz CT molecular complexity index is 976. The summed E-state index contributed by atoms with van der Waals surface area (Å²) in [6, 6.07) is 13.5. The summed E-state index contributed by atoms with van der Waals surface area (Å²) in [6.45, 7) is 2.83. The Morgan fingerprint density at radius 2 is 1.81 bits per heavy atom. The Balaban J connectivity index is 1.75. The van der Waals surface area contributed by atoms with Gasteiger partial charge in [-0.1, -0.05) is 12.1 Å². The van der Waals surface area contributed by atoms with Crippen LogP contribution < -0.4 is 20.2 Å². The molecule has 0 unspecified atom stereocenters. The maximum Gasteiger partial charge on any atom is 0.287 e. The zero-order chi connectivity index (χ0) is 18.5. The van der Waals surface area contributed by atoms with Crippen molar-refractivity contribution in [2.75, 3.05) is 13.7 Å². The van der Waals surface area contributed by atoms with E-state index in [4.69, 9.17) is 13.9 Å². The Hall–Kier alpha value is -3.28. The summed E-state index contributed by atoms with van der Waals surface area (Å²) in [6.07, 6.45) is 0. The second-order valence-corrected chi connectivity index (χ2v) is 5.60. The SMILES string of the molecule is CCOc1ccc(CNC(=O)c2cc(=O)c3ccc(OC)cc3o2)cc1. The normalized spacial score (nSPS) is 10.5. The zero-order valence-electron chi connectivity index (χ0n) is 14.6. The van der Waals surface area contributed by atoms with Crippen molar-refractivity contribution in [3.63, 3.8) is 0 Å². The second kappa shape index (κ2) is 7.74. The van der Waals surface area contributed by atoms with Crippen LogP contribution in [0.2, 0.25) is 0 Å². The lowest BCUT2D eigenvalue weighted by molar-refractivity contribution is 0.0923. The summed E-state index contributed by atoms with van der Waals surface area (Å²) in [7, 11) is 1.52. The molecule has 2 aromatic carbocycles. The summed E-state index contributed by atoms with van der Waals surface area (Å²) >= 11 is 0. The van der Waals surface area contributed by atoms with Gasteiger partial charge in [-0.25, -0.2) is 0 Å². The molecule has 0 saturated heterocycles. The third-order valence-corrected chi connectivity index (χ3v) is 3.85. The van der Waals surface area contributed by atoms with Gasteiger partial charge in [0.2, 0.25) is 0 Å². The largest absolute Gasteiger partial charge is 0.497 e. The number of ether oxygens (including phenoxy) is 2. The van der Waals surface area contributed by atoms with Crippen molar-refractivity contribution in [1.82, 2.24) is 5.32 Å². The maximum atomic E-state index is 12.3. The molecule has 3 rings (SSSR count). The van der Waals surface area contributed by atoms with Crippen LogP contribution in [0.1, 0.15) is 23.0 Å². The minimum absolute atomic E-state index is 0.0401. The molecule has 0 bridgehead atoms. The van der Waals surface area contributed by atoms with Crippen LogP contribution in [0.3, 0.4) is 0 Å². The van der Waals surface area contributed by atoms with Crippen LogP contribution in [0.25, 0.3) is 11.0 Å². The van der Waals surface area contributed by atoms with Gasteiger partial charge >= 0.3 is 0 Å². The predicted octanol–water partition coefficient (Wildman–Crippen LogP) is 3.13. The standard InChI is InChI=1S/C20H19NO5/c1-3-25-14-6-4-13(5-7-14)12-21-20(23)19-11-17(22)16-9-8-15(24-2)10-18(16)26-19/h4-11H,3,12H2,1-2H3,(H,21,23). The monoisotopic (exact) mass is 353 g/mol. The van der Waals surface area contributed by atoms with E-state index in [9.17, 15) is 9.59 Å². The van der Waals surface area contributed by atoms with Gasteiger partial charge in [0.05, 0.1) is 19.1 Å². The van der Waals surface area contributed by atoms with Crippen LogP contribution in [0.15, 0.2) is 57.7 Å². The molecule has 1 N–H and O–H groups in total. The summed E-state index contributed by atoms with van der Waals surface area (Å²) < 4.78 is 16.1. The number of amides is 1. The molecule has 3 aromatic rings. The fourth-order valence-corrected chi connectivity index (χ4v) is 2.51. The van der Waals surface area contributed by atoms with Gasteiger partial charge in [-0.15, -0.1) is 0 Å². The summed E-state index contributed by atoms with van der Waals surface area (Å²) in [5, 5.41) is 3.14. The van der Waals surface area contributed by atoms with E-state index in [1.807, 2.05) is 31.2 Å². The molecule has 0 radical (unpaired) electrons. The maximum absolute atomic E-state index is 12.3. The van der Waals surface area contributed by atoms with E-state index < -0.39 is 5.91 Å². The van der Waals surface area contributed by atoms with Gasteiger partial charge in [0.1, 0.15) is 17.1 Å². The third kappa shape index (κ3) is 3.85. The Kier molecular flexibility index (Phi) is 5.22. The number of carbonyl (C=O) groups excluding carboxylic acids is 1. The average molecular weight is 353 g/mol. The second-order valence-electron chi connectivity index (χ2n) is 5.60. The lowest BCUT2D eigenvalue weighted by Gasteiger charge is -2.07. The zero-order valence-corrected chi connectivity index (χ0v) is 14.6. The van der Waals surface area contributed by atoms with E-state index in [-0.39, 0.29) is 11.2 Å². The van der Waals surface area contributed by atoms with Gasteiger partial charge in [0, 0.05) is 18.7 Å². The highest BCUT2D eigenvalue weighted by molar-refractivity contribution is 5.93. The van der Waals surface area contributed by atoms with E-state index in [0.717, 1.165) is 11.3 Å². The molecule has 0 saturated carbocycles. The molecule has 6 heteroatoms. The van der Waals surface area contributed by atoms with E-state index in [2.05, 4.69) is 5.32 Å². The molecular weight excluding hydrogens is 334 g/mol. The lowest BCUT2D eigenvalue weighted by Crippen LogP contribution is -2.24. The predicted molar refractivity (Wildman–Crippen MR) is 97.8 cm³/mol. The van der Waals surface area contributed by atoms with Crippen molar-refractivity contribution < 1.29 is 18.7 Å². The average Bonchev–Trinajstić information content (AvgIpc) is 2.66. The molecule has 0 atom stereocenters. The highest BCUT2D eigenvalue weighted by Gasteiger charge is 2.13. The number of benzene rings is 2. The number of carbonyl (C=O) groups is 1. The minimum Gasteiger partial charge on any atom is -0.497 e. The first-order valence-corrected chi connectivity index (χ1v) is 8.22. The number of methoxy groups -OCH3 is 1. The molecule has 1 aromatic heterocycles. The summed E-state index contributed by atoms with van der Waals surface area (Å²) in [5.74, 6) is 0.826. The Labute approximate surface area is 150 Å². The fraction of sp³-hybridized carbons (Fsp3) is 0.200. The van der Waals surface area contributed by atoms with Crippen molar-refractivity contribution in [2.45, 2.75) is 13.5 Å². The number of hydrogen-bond donors (Lipinski definition) is 1. The number of hydrogen-bond acceptors (Lipinski definition) is 5. The first kappa shape index (κ1) is 17.5. The lowest BCUT2D eigenvalue weighted by atomic mass is 10.2. The highest BCUT2D eigenvalue weighted by Crippen LogP contribution is 2.19. The highest BCUT2D eigenvalue weighted by atomic mass is 16.5. The van der Waals surface area contributed by atoms with E-state index in [1.54, 1.807) is 18.2 Å². The molecule has 0 aliphatic heterocycles. The minimum atomic E-state index is -0.458. The Morgan fingerprint density at radius 1 is 1.08 bits per heavy atom. The van der Waals surface area contributed by atoms with E-state index in [1.165, 1.54) is 13.2 Å². The molecule has 134 valence electrons. The van der Waals surface area contributed by atoms with Crippen LogP contribution in [-0.4, -0.2) is 19.6 Å². The molecular formula is C20H19NO5. The number of nitrogens with one attached hydrogen (secondary N) is 1. The first-order valence-electron chi connectivity index (χ1n) is 8.22. The van der Waals surface area contributed by atoms with Gasteiger partial charge < -0.3 is 19.2 Å². The van der Waals surface area contributed by atoms with E-state index >= 15 is 0 Å². The number of rotatable bonds is 6. The fourth-order valence-electron chi connectivity index (χ4n) is 2.51. The van der Waals surface area contributed by atoms with Crippen molar-refractivity contribution in [3.05, 3.63) is 70.1 Å². The number of fused-ring (bicyclic) bond motifs is 1. The first-order chi connectivity index (χ1) is 12.6. The quantitative estimate of drug-likeness (QED) is 0.737. The van der Waals surface area contributed by atoms with Crippen LogP contribution in [-0.2, 0) is 6.54 Å². The molecule has 0 fully saturated rings. The molecule has 0 aliphatic carbocycles. The smallest absolute Gasteiger partial charge is 0.287 e. The molecule has 26 heavy (non-hydrogen) atoms. The van der Waals surface area contributed by atoms with Crippen molar-refractivity contribution >= 4 is 16.9 Å². The van der Waals surface area contributed by atoms with Crippen LogP contribution >= 0.6 is 0 Å². The topological polar surface area (TPSA) is 77.8 Å². The molecule has 1 heterocycles. The van der Waals surface area contributed by atoms with Gasteiger partial charge in [0.25, 0.3) is 5.91 Å². The molecule has 1 amide bonds. The molecule has 0 spiro atoms. The summed E-state index contributed by atoms with van der Waals surface area (Å²) in [4.78, 5) is 24.5. The summed E-state index contributed by atoms with van der Waals surface area (Å²) in [5.41, 5.74) is 0.940. The van der Waals surface area contributed by atoms with Gasteiger partial charge in [-0.2, -0.15) is 0 Å². The van der Waals surface area contributed by atoms with Crippen molar-refractivity contribution in [1.29, 1.82) is 0 Å². The van der Waals surface area contributed by atoms with E-state index in [0.29, 0.717) is 29.9 Å². The van der Waals surface area contributed by atoms with Crippen molar-refractivity contribution in [2.24, 2.45) is 0 Å². The Morgan fingerprint density at radius 3 is 2.50 bits per heavy atom.